The van der Waals surface area contributed by atoms with Crippen molar-refractivity contribution >= 4 is 35.3 Å². The van der Waals surface area contributed by atoms with Crippen molar-refractivity contribution < 1.29 is 9.59 Å². The van der Waals surface area contributed by atoms with Gasteiger partial charge in [0.15, 0.2) is 0 Å². The van der Waals surface area contributed by atoms with Crippen molar-refractivity contribution in [3.05, 3.63) is 136 Å². The highest BCUT2D eigenvalue weighted by Gasteiger charge is 2.29. The second-order valence-corrected chi connectivity index (χ2v) is 11.5. The number of nitrogens with one attached hydrogen (secondary N) is 1. The Kier molecular flexibility index (Phi) is 9.34. The lowest BCUT2D eigenvalue weighted by atomic mass is 10.1. The summed E-state index contributed by atoms with van der Waals surface area (Å²) < 4.78 is 0. The lowest BCUT2D eigenvalue weighted by Gasteiger charge is -2.30. The number of rotatable bonds is 10. The van der Waals surface area contributed by atoms with Gasteiger partial charge in [0.2, 0.25) is 0 Å². The van der Waals surface area contributed by atoms with E-state index in [0.717, 1.165) is 41.2 Å². The summed E-state index contributed by atoms with van der Waals surface area (Å²) in [6.45, 7) is 4.98. The molecule has 1 aliphatic rings. The van der Waals surface area contributed by atoms with E-state index in [2.05, 4.69) is 72.7 Å². The zero-order valence-electron chi connectivity index (χ0n) is 23.5. The van der Waals surface area contributed by atoms with Crippen molar-refractivity contribution in [2.75, 3.05) is 25.0 Å². The second kappa shape index (κ2) is 13.5. The van der Waals surface area contributed by atoms with Crippen LogP contribution in [-0.2, 0) is 17.9 Å². The molecular weight excluding hydrogens is 526 g/mol. The molecule has 5 rings (SSSR count). The number of nitrogens with zero attached hydrogens (tertiary/aromatic N) is 2. The van der Waals surface area contributed by atoms with Crippen molar-refractivity contribution in [1.29, 1.82) is 0 Å². The van der Waals surface area contributed by atoms with Gasteiger partial charge in [-0.1, -0.05) is 96.2 Å². The zero-order chi connectivity index (χ0) is 28.6. The summed E-state index contributed by atoms with van der Waals surface area (Å²) in [6, 6.07) is 34.1. The zero-order valence-corrected chi connectivity index (χ0v) is 24.4. The molecule has 6 heteroatoms. The maximum Gasteiger partial charge on any atom is 0.265 e. The number of aryl methyl sites for hydroxylation is 1. The van der Waals surface area contributed by atoms with E-state index in [0.29, 0.717) is 23.6 Å². The highest BCUT2D eigenvalue weighted by Crippen LogP contribution is 2.42. The van der Waals surface area contributed by atoms with E-state index in [4.69, 9.17) is 0 Å². The number of hydrogen-bond donors (Lipinski definition) is 1. The highest BCUT2D eigenvalue weighted by molar-refractivity contribution is 8.04. The summed E-state index contributed by atoms with van der Waals surface area (Å²) in [4.78, 5) is 32.2. The fraction of sp³-hybridized carbons (Fsp3) is 0.200. The van der Waals surface area contributed by atoms with Crippen molar-refractivity contribution in [3.8, 4) is 0 Å². The van der Waals surface area contributed by atoms with Crippen molar-refractivity contribution in [3.63, 3.8) is 0 Å². The average molecular weight is 562 g/mol. The Morgan fingerprint density at radius 3 is 2.41 bits per heavy atom. The molecule has 0 aliphatic carbocycles. The van der Waals surface area contributed by atoms with E-state index in [-0.39, 0.29) is 11.8 Å². The molecular formula is C35H35N3O2S. The number of hydrogen-bond acceptors (Lipinski definition) is 4. The molecule has 41 heavy (non-hydrogen) atoms. The first-order valence-corrected chi connectivity index (χ1v) is 14.7. The van der Waals surface area contributed by atoms with Gasteiger partial charge in [-0.15, -0.1) is 0 Å². The Morgan fingerprint density at radius 2 is 1.63 bits per heavy atom. The predicted molar refractivity (Wildman–Crippen MR) is 169 cm³/mol. The largest absolute Gasteiger partial charge is 0.352 e. The molecule has 0 fully saturated rings. The summed E-state index contributed by atoms with van der Waals surface area (Å²) in [5.74, 6) is -0.106. The molecule has 0 radical (unpaired) electrons. The van der Waals surface area contributed by atoms with Crippen molar-refractivity contribution in [1.82, 2.24) is 10.2 Å². The van der Waals surface area contributed by atoms with Gasteiger partial charge in [0, 0.05) is 23.5 Å². The monoisotopic (exact) mass is 561 g/mol. The van der Waals surface area contributed by atoms with Gasteiger partial charge in [0.1, 0.15) is 0 Å². The number of carbonyl (C=O) groups is 2. The fourth-order valence-electron chi connectivity index (χ4n) is 4.92. The third-order valence-corrected chi connectivity index (χ3v) is 8.10. The molecule has 0 aromatic heterocycles. The van der Waals surface area contributed by atoms with Gasteiger partial charge in [-0.25, -0.2) is 0 Å². The predicted octanol–water partition coefficient (Wildman–Crippen LogP) is 6.93. The molecule has 0 saturated heterocycles. The molecule has 0 unspecified atom stereocenters. The van der Waals surface area contributed by atoms with Crippen LogP contribution in [0.4, 0.5) is 5.69 Å². The van der Waals surface area contributed by atoms with Gasteiger partial charge in [0.25, 0.3) is 11.8 Å². The number of carbonyl (C=O) groups excluding carboxylic acids is 2. The number of anilines is 1. The SMILES string of the molecule is Cc1cccc(CN2C(=O)/C(=C/c3ccc(C(=O)NCCCN(C)Cc4ccccc4)cc3)Sc3ccccc32)c1. The first kappa shape index (κ1) is 28.4. The minimum absolute atomic E-state index is 0.0192. The highest BCUT2D eigenvalue weighted by atomic mass is 32.2. The number of benzene rings is 4. The molecule has 0 bridgehead atoms. The summed E-state index contributed by atoms with van der Waals surface area (Å²) in [6.07, 6.45) is 2.79. The van der Waals surface area contributed by atoms with E-state index >= 15 is 0 Å². The smallest absolute Gasteiger partial charge is 0.265 e. The van der Waals surface area contributed by atoms with E-state index in [1.807, 2.05) is 65.6 Å². The van der Waals surface area contributed by atoms with Crippen LogP contribution in [0, 0.1) is 6.92 Å². The molecule has 1 heterocycles. The van der Waals surface area contributed by atoms with Crippen LogP contribution in [0.1, 0.15) is 39.0 Å². The van der Waals surface area contributed by atoms with Crippen LogP contribution in [0.5, 0.6) is 0 Å². The number of thioether (sulfide) groups is 1. The summed E-state index contributed by atoms with van der Waals surface area (Å²) in [5.41, 5.74) is 5.97. The maximum absolute atomic E-state index is 13.6. The molecule has 208 valence electrons. The van der Waals surface area contributed by atoms with Crippen molar-refractivity contribution in [2.24, 2.45) is 0 Å². The summed E-state index contributed by atoms with van der Waals surface area (Å²) >= 11 is 1.49. The first-order chi connectivity index (χ1) is 20.0. The Bertz CT molecular complexity index is 1530. The van der Waals surface area contributed by atoms with Gasteiger partial charge >= 0.3 is 0 Å². The Labute approximate surface area is 246 Å². The molecule has 1 aliphatic heterocycles. The third kappa shape index (κ3) is 7.54. The van der Waals surface area contributed by atoms with Crippen LogP contribution in [-0.4, -0.2) is 36.9 Å². The standard InChI is InChI=1S/C35H35N3O2S/c1-26-10-8-13-29(22-26)25-38-31-14-6-7-15-32(31)41-33(35(38)40)23-27-16-18-30(19-17-27)34(39)36-20-9-21-37(2)24-28-11-4-3-5-12-28/h3-8,10-19,22-23H,9,20-21,24-25H2,1-2H3,(H,36,39)/b33-23-. The van der Waals surface area contributed by atoms with E-state index < -0.39 is 0 Å². The summed E-state index contributed by atoms with van der Waals surface area (Å²) in [5, 5.41) is 3.02. The van der Waals surface area contributed by atoms with Crippen LogP contribution in [0.2, 0.25) is 0 Å². The van der Waals surface area contributed by atoms with Gasteiger partial charge in [0.05, 0.1) is 17.1 Å². The molecule has 0 atom stereocenters. The van der Waals surface area contributed by atoms with Crippen molar-refractivity contribution in [2.45, 2.75) is 31.3 Å². The van der Waals surface area contributed by atoms with E-state index in [9.17, 15) is 9.59 Å². The van der Waals surface area contributed by atoms with Crippen LogP contribution in [0.15, 0.2) is 113 Å². The molecule has 0 saturated carbocycles. The molecule has 0 spiro atoms. The summed E-state index contributed by atoms with van der Waals surface area (Å²) in [7, 11) is 2.10. The first-order valence-electron chi connectivity index (χ1n) is 13.9. The van der Waals surface area contributed by atoms with E-state index in [1.54, 1.807) is 0 Å². The molecule has 5 nitrogen and oxygen atoms in total. The second-order valence-electron chi connectivity index (χ2n) is 10.4. The van der Waals surface area contributed by atoms with E-state index in [1.165, 1.54) is 22.9 Å². The lowest BCUT2D eigenvalue weighted by molar-refractivity contribution is -0.114. The quantitative estimate of drug-likeness (QED) is 0.169. The number of para-hydroxylation sites is 1. The minimum atomic E-state index is -0.0868. The maximum atomic E-state index is 13.6. The molecule has 4 aromatic carbocycles. The van der Waals surface area contributed by atoms with Gasteiger partial charge in [-0.3, -0.25) is 9.59 Å². The van der Waals surface area contributed by atoms with Crippen LogP contribution in [0.25, 0.3) is 6.08 Å². The molecule has 2 amide bonds. The fourth-order valence-corrected chi connectivity index (χ4v) is 5.98. The minimum Gasteiger partial charge on any atom is -0.352 e. The van der Waals surface area contributed by atoms with Crippen LogP contribution in [0.3, 0.4) is 0 Å². The van der Waals surface area contributed by atoms with Crippen LogP contribution < -0.4 is 10.2 Å². The number of amides is 2. The lowest BCUT2D eigenvalue weighted by Crippen LogP contribution is -2.33. The van der Waals surface area contributed by atoms with Gasteiger partial charge < -0.3 is 15.1 Å². The number of fused-ring (bicyclic) bond motifs is 1. The normalized spacial score (nSPS) is 13.9. The van der Waals surface area contributed by atoms with Gasteiger partial charge in [-0.2, -0.15) is 0 Å². The Balaban J connectivity index is 1.19. The van der Waals surface area contributed by atoms with Crippen LogP contribution >= 0.6 is 11.8 Å². The average Bonchev–Trinajstić information content (AvgIpc) is 2.98. The van der Waals surface area contributed by atoms with Gasteiger partial charge in [-0.05, 0) is 74.0 Å². The molecule has 4 aromatic rings. The topological polar surface area (TPSA) is 52.7 Å². The Hall–Kier alpha value is -4.13. The third-order valence-electron chi connectivity index (χ3n) is 7.02. The Morgan fingerprint density at radius 1 is 0.902 bits per heavy atom. The molecule has 1 N–H and O–H groups in total.